The second-order valence-electron chi connectivity index (χ2n) is 5.24. The number of rotatable bonds is 5. The molecule has 0 saturated carbocycles. The predicted molar refractivity (Wildman–Crippen MR) is 67.0 cm³/mol. The fourth-order valence-corrected chi connectivity index (χ4v) is 1.44. The highest BCUT2D eigenvalue weighted by atomic mass is 16.4. The fourth-order valence-electron chi connectivity index (χ4n) is 1.44. The Morgan fingerprint density at radius 3 is 2.00 bits per heavy atom. The largest absolute Gasteiger partial charge is 0.481 e. The van der Waals surface area contributed by atoms with Gasteiger partial charge in [-0.05, 0) is 20.8 Å². The van der Waals surface area contributed by atoms with Crippen LogP contribution in [0.1, 0.15) is 34.1 Å². The van der Waals surface area contributed by atoms with Crippen LogP contribution in [0.3, 0.4) is 0 Å². The summed E-state index contributed by atoms with van der Waals surface area (Å²) in [4.78, 5) is 36.5. The van der Waals surface area contributed by atoms with E-state index in [1.54, 1.807) is 0 Å². The first-order valence-electron chi connectivity index (χ1n) is 5.79. The monoisotopic (exact) mass is 258 g/mol. The SMILES string of the molecule is CC(=O)N(C)CC(=O)N(CCC(=O)O)C(C)(C)C. The van der Waals surface area contributed by atoms with Gasteiger partial charge in [0.05, 0.1) is 13.0 Å². The molecule has 104 valence electrons. The Morgan fingerprint density at radius 1 is 1.17 bits per heavy atom. The Balaban J connectivity index is 4.71. The Bertz CT molecular complexity index is 333. The lowest BCUT2D eigenvalue weighted by molar-refractivity contribution is -0.144. The van der Waals surface area contributed by atoms with E-state index in [9.17, 15) is 14.4 Å². The van der Waals surface area contributed by atoms with Crippen molar-refractivity contribution < 1.29 is 19.5 Å². The quantitative estimate of drug-likeness (QED) is 0.782. The third-order valence-corrected chi connectivity index (χ3v) is 2.57. The van der Waals surface area contributed by atoms with E-state index in [0.717, 1.165) is 0 Å². The minimum Gasteiger partial charge on any atom is -0.481 e. The van der Waals surface area contributed by atoms with Gasteiger partial charge in [0, 0.05) is 26.1 Å². The number of amides is 2. The van der Waals surface area contributed by atoms with Crippen LogP contribution >= 0.6 is 0 Å². The number of carbonyl (C=O) groups excluding carboxylic acids is 2. The van der Waals surface area contributed by atoms with Crippen LogP contribution in [0.2, 0.25) is 0 Å². The summed E-state index contributed by atoms with van der Waals surface area (Å²) in [5.41, 5.74) is -0.468. The maximum atomic E-state index is 12.1. The molecule has 6 nitrogen and oxygen atoms in total. The zero-order valence-electron chi connectivity index (χ0n) is 11.7. The van der Waals surface area contributed by atoms with E-state index >= 15 is 0 Å². The number of carboxylic acids is 1. The van der Waals surface area contributed by atoms with Gasteiger partial charge in [-0.3, -0.25) is 14.4 Å². The van der Waals surface area contributed by atoms with Crippen LogP contribution in [0.15, 0.2) is 0 Å². The van der Waals surface area contributed by atoms with Crippen molar-refractivity contribution in [1.82, 2.24) is 9.80 Å². The van der Waals surface area contributed by atoms with E-state index in [1.165, 1.54) is 23.8 Å². The highest BCUT2D eigenvalue weighted by Gasteiger charge is 2.27. The van der Waals surface area contributed by atoms with Gasteiger partial charge in [0.25, 0.3) is 0 Å². The number of hydrogen-bond donors (Lipinski definition) is 1. The Morgan fingerprint density at radius 2 is 1.67 bits per heavy atom. The van der Waals surface area contributed by atoms with Gasteiger partial charge in [0.15, 0.2) is 0 Å². The van der Waals surface area contributed by atoms with Gasteiger partial charge in [0.1, 0.15) is 0 Å². The number of aliphatic carboxylic acids is 1. The number of hydrogen-bond acceptors (Lipinski definition) is 3. The van der Waals surface area contributed by atoms with Crippen molar-refractivity contribution in [1.29, 1.82) is 0 Å². The topological polar surface area (TPSA) is 77.9 Å². The molecule has 18 heavy (non-hydrogen) atoms. The zero-order chi connectivity index (χ0) is 14.5. The van der Waals surface area contributed by atoms with Crippen molar-refractivity contribution in [2.45, 2.75) is 39.7 Å². The third kappa shape index (κ3) is 5.65. The summed E-state index contributed by atoms with van der Waals surface area (Å²) in [5.74, 6) is -1.39. The van der Waals surface area contributed by atoms with Crippen LogP contribution in [0.5, 0.6) is 0 Å². The molecule has 0 saturated heterocycles. The second-order valence-corrected chi connectivity index (χ2v) is 5.24. The van der Waals surface area contributed by atoms with Gasteiger partial charge in [-0.15, -0.1) is 0 Å². The van der Waals surface area contributed by atoms with Crippen molar-refractivity contribution in [3.05, 3.63) is 0 Å². The molecule has 0 atom stereocenters. The number of likely N-dealkylation sites (N-methyl/N-ethyl adjacent to an activating group) is 1. The molecule has 0 spiro atoms. The van der Waals surface area contributed by atoms with Crippen LogP contribution in [0.4, 0.5) is 0 Å². The first-order chi connectivity index (χ1) is 8.05. The summed E-state index contributed by atoms with van der Waals surface area (Å²) < 4.78 is 0. The highest BCUT2D eigenvalue weighted by molar-refractivity contribution is 5.84. The predicted octanol–water partition coefficient (Wildman–Crippen LogP) is 0.566. The van der Waals surface area contributed by atoms with Gasteiger partial charge >= 0.3 is 5.97 Å². The van der Waals surface area contributed by atoms with Crippen LogP contribution in [0, 0.1) is 0 Å². The standard InChI is InChI=1S/C12H22N2O4/c1-9(15)13(5)8-10(16)14(12(2,3)4)7-6-11(17)18/h6-8H2,1-5H3,(H,17,18). The van der Waals surface area contributed by atoms with Crippen molar-refractivity contribution in [3.63, 3.8) is 0 Å². The minimum absolute atomic E-state index is 0.0355. The van der Waals surface area contributed by atoms with E-state index in [4.69, 9.17) is 5.11 Å². The molecular formula is C12H22N2O4. The molecule has 0 aliphatic carbocycles. The van der Waals surface area contributed by atoms with Gasteiger partial charge in [0.2, 0.25) is 11.8 Å². The first kappa shape index (κ1) is 16.4. The lowest BCUT2D eigenvalue weighted by atomic mass is 10.1. The van der Waals surface area contributed by atoms with Crippen LogP contribution in [-0.4, -0.2) is 58.4 Å². The third-order valence-electron chi connectivity index (χ3n) is 2.57. The summed E-state index contributed by atoms with van der Waals surface area (Å²) in [6, 6.07) is 0. The smallest absolute Gasteiger partial charge is 0.305 e. The Labute approximate surface area is 108 Å². The molecule has 0 aliphatic heterocycles. The Hall–Kier alpha value is -1.59. The molecule has 0 aromatic heterocycles. The molecule has 0 aliphatic rings. The van der Waals surface area contributed by atoms with Crippen molar-refractivity contribution >= 4 is 17.8 Å². The van der Waals surface area contributed by atoms with Crippen LogP contribution < -0.4 is 0 Å². The van der Waals surface area contributed by atoms with E-state index in [-0.39, 0.29) is 31.3 Å². The molecular weight excluding hydrogens is 236 g/mol. The minimum atomic E-state index is -0.947. The van der Waals surface area contributed by atoms with Crippen molar-refractivity contribution in [3.8, 4) is 0 Å². The van der Waals surface area contributed by atoms with E-state index in [1.807, 2.05) is 20.8 Å². The molecule has 0 unspecified atom stereocenters. The highest BCUT2D eigenvalue weighted by Crippen LogP contribution is 2.14. The lowest BCUT2D eigenvalue weighted by Crippen LogP contribution is -2.50. The molecule has 0 heterocycles. The van der Waals surface area contributed by atoms with E-state index < -0.39 is 11.5 Å². The number of carboxylic acid groups (broad SMARTS) is 1. The maximum absolute atomic E-state index is 12.1. The molecule has 6 heteroatoms. The summed E-state index contributed by atoms with van der Waals surface area (Å²) in [7, 11) is 1.54. The molecule has 0 aromatic carbocycles. The summed E-state index contributed by atoms with van der Waals surface area (Å²) in [6.45, 7) is 6.99. The van der Waals surface area contributed by atoms with Gasteiger partial charge < -0.3 is 14.9 Å². The first-order valence-corrected chi connectivity index (χ1v) is 5.79. The fraction of sp³-hybridized carbons (Fsp3) is 0.750. The molecule has 0 aromatic rings. The van der Waals surface area contributed by atoms with Gasteiger partial charge in [-0.25, -0.2) is 0 Å². The van der Waals surface area contributed by atoms with Crippen LogP contribution in [0.25, 0.3) is 0 Å². The normalized spacial score (nSPS) is 10.9. The Kier molecular flexibility index (Phi) is 5.81. The lowest BCUT2D eigenvalue weighted by Gasteiger charge is -2.36. The number of nitrogens with zero attached hydrogens (tertiary/aromatic N) is 2. The summed E-state index contributed by atoms with van der Waals surface area (Å²) in [5, 5.41) is 8.68. The molecule has 0 fully saturated rings. The molecule has 0 rings (SSSR count). The van der Waals surface area contributed by atoms with Gasteiger partial charge in [-0.2, -0.15) is 0 Å². The average Bonchev–Trinajstić information content (AvgIpc) is 2.14. The summed E-state index contributed by atoms with van der Waals surface area (Å²) in [6.07, 6.45) is -0.104. The molecule has 1 N–H and O–H groups in total. The molecule has 0 bridgehead atoms. The second kappa shape index (κ2) is 6.37. The van der Waals surface area contributed by atoms with Crippen LogP contribution in [-0.2, 0) is 14.4 Å². The molecule has 0 radical (unpaired) electrons. The van der Waals surface area contributed by atoms with E-state index in [2.05, 4.69) is 0 Å². The number of carbonyl (C=O) groups is 3. The zero-order valence-corrected chi connectivity index (χ0v) is 11.7. The van der Waals surface area contributed by atoms with Gasteiger partial charge in [-0.1, -0.05) is 0 Å². The maximum Gasteiger partial charge on any atom is 0.305 e. The van der Waals surface area contributed by atoms with E-state index in [0.29, 0.717) is 0 Å². The summed E-state index contributed by atoms with van der Waals surface area (Å²) >= 11 is 0. The van der Waals surface area contributed by atoms with Crippen molar-refractivity contribution in [2.24, 2.45) is 0 Å². The van der Waals surface area contributed by atoms with Crippen molar-refractivity contribution in [2.75, 3.05) is 20.1 Å². The molecule has 2 amide bonds. The average molecular weight is 258 g/mol.